The summed E-state index contributed by atoms with van der Waals surface area (Å²) < 4.78 is 52.3. The zero-order valence-corrected chi connectivity index (χ0v) is 15.6. The van der Waals surface area contributed by atoms with Crippen molar-refractivity contribution in [3.05, 3.63) is 76.4 Å². The summed E-state index contributed by atoms with van der Waals surface area (Å²) in [6.07, 6.45) is -4.75. The van der Waals surface area contributed by atoms with Gasteiger partial charge in [0.2, 0.25) is 0 Å². The Hall–Kier alpha value is -3.20. The first-order valence-corrected chi connectivity index (χ1v) is 8.98. The molecule has 0 fully saturated rings. The molecular weight excluding hydrogens is 410 g/mol. The van der Waals surface area contributed by atoms with Gasteiger partial charge in [0.05, 0.1) is 16.8 Å². The van der Waals surface area contributed by atoms with Gasteiger partial charge in [-0.2, -0.15) is 13.2 Å². The van der Waals surface area contributed by atoms with Crippen molar-refractivity contribution in [2.24, 2.45) is 0 Å². The van der Waals surface area contributed by atoms with Crippen molar-refractivity contribution < 1.29 is 32.3 Å². The van der Waals surface area contributed by atoms with Gasteiger partial charge >= 0.3 is 12.1 Å². The summed E-state index contributed by atoms with van der Waals surface area (Å²) in [4.78, 5) is 25.6. The average Bonchev–Trinajstić information content (AvgIpc) is 3.12. The zero-order valence-electron chi connectivity index (χ0n) is 14.8. The second-order valence-electron chi connectivity index (χ2n) is 6.05. The number of carbonyl (C=O) groups is 2. The third-order valence-electron chi connectivity index (χ3n) is 4.16. The van der Waals surface area contributed by atoms with E-state index in [-0.39, 0.29) is 16.6 Å². The van der Waals surface area contributed by atoms with Gasteiger partial charge in [-0.05, 0) is 29.8 Å². The predicted molar refractivity (Wildman–Crippen MR) is 101 cm³/mol. The van der Waals surface area contributed by atoms with E-state index in [9.17, 15) is 32.3 Å². The molecule has 1 N–H and O–H groups in total. The van der Waals surface area contributed by atoms with Crippen molar-refractivity contribution in [1.82, 2.24) is 0 Å². The molecule has 0 atom stereocenters. The topological polar surface area (TPSA) is 57.6 Å². The lowest BCUT2D eigenvalue weighted by molar-refractivity contribution is -0.137. The third-order valence-corrected chi connectivity index (χ3v) is 5.32. The van der Waals surface area contributed by atoms with Crippen LogP contribution in [0.1, 0.15) is 25.6 Å². The summed E-state index contributed by atoms with van der Waals surface area (Å²) in [5.74, 6) is -3.58. The Morgan fingerprint density at radius 1 is 1.03 bits per heavy atom. The highest BCUT2D eigenvalue weighted by molar-refractivity contribution is 7.18. The molecule has 1 aromatic heterocycles. The highest BCUT2D eigenvalue weighted by Gasteiger charge is 2.32. The molecule has 0 radical (unpaired) electrons. The molecule has 0 spiro atoms. The number of nitrogens with zero attached hydrogens (tertiary/aromatic N) is 1. The van der Waals surface area contributed by atoms with Crippen molar-refractivity contribution in [1.29, 1.82) is 0 Å². The second kappa shape index (κ2) is 7.67. The van der Waals surface area contributed by atoms with Crippen LogP contribution in [0.5, 0.6) is 0 Å². The predicted octanol–water partition coefficient (Wildman–Crippen LogP) is 5.55. The van der Waals surface area contributed by atoms with E-state index in [0.29, 0.717) is 10.9 Å². The van der Waals surface area contributed by atoms with Crippen molar-refractivity contribution in [3.8, 4) is 10.4 Å². The quantitative estimate of drug-likeness (QED) is 0.560. The maximum absolute atomic E-state index is 14.2. The fourth-order valence-corrected chi connectivity index (χ4v) is 3.72. The molecule has 3 aromatic rings. The third kappa shape index (κ3) is 4.14. The van der Waals surface area contributed by atoms with Gasteiger partial charge in [-0.1, -0.05) is 30.3 Å². The Kier molecular flexibility index (Phi) is 5.43. The molecule has 1 amide bonds. The Labute approximate surface area is 166 Å². The highest BCUT2D eigenvalue weighted by Crippen LogP contribution is 2.37. The average molecular weight is 423 g/mol. The summed E-state index contributed by atoms with van der Waals surface area (Å²) in [5.41, 5.74) is -1.06. The van der Waals surface area contributed by atoms with E-state index >= 15 is 0 Å². The van der Waals surface area contributed by atoms with Crippen LogP contribution in [0, 0.1) is 5.82 Å². The smallest absolute Gasteiger partial charge is 0.416 e. The summed E-state index contributed by atoms with van der Waals surface area (Å²) in [7, 11) is 1.24. The number of hydrogen-bond donors (Lipinski definition) is 1. The van der Waals surface area contributed by atoms with E-state index in [2.05, 4.69) is 0 Å². The number of anilines is 1. The highest BCUT2D eigenvalue weighted by atomic mass is 32.1. The first-order valence-electron chi connectivity index (χ1n) is 8.17. The molecule has 4 nitrogen and oxygen atoms in total. The largest absolute Gasteiger partial charge is 0.477 e. The summed E-state index contributed by atoms with van der Waals surface area (Å²) in [5, 5.41) is 9.48. The van der Waals surface area contributed by atoms with Crippen LogP contribution in [0.3, 0.4) is 0 Å². The molecule has 0 bridgehead atoms. The van der Waals surface area contributed by atoms with Crippen LogP contribution >= 0.6 is 11.3 Å². The number of thiophene rings is 1. The van der Waals surface area contributed by atoms with Crippen LogP contribution in [0.2, 0.25) is 0 Å². The molecule has 150 valence electrons. The van der Waals surface area contributed by atoms with Crippen molar-refractivity contribution in [2.45, 2.75) is 6.18 Å². The SMILES string of the molecule is CN(C(=O)c1ccc(C(F)(F)F)cc1F)c1cc(-c2ccccc2)sc1C(=O)O. The Morgan fingerprint density at radius 2 is 1.69 bits per heavy atom. The molecule has 29 heavy (non-hydrogen) atoms. The van der Waals surface area contributed by atoms with Crippen molar-refractivity contribution in [2.75, 3.05) is 11.9 Å². The minimum Gasteiger partial charge on any atom is -0.477 e. The van der Waals surface area contributed by atoms with Crippen molar-refractivity contribution in [3.63, 3.8) is 0 Å². The van der Waals surface area contributed by atoms with Gasteiger partial charge in [-0.25, -0.2) is 9.18 Å². The fourth-order valence-electron chi connectivity index (χ4n) is 2.68. The van der Waals surface area contributed by atoms with Gasteiger partial charge in [0.25, 0.3) is 5.91 Å². The molecule has 0 aliphatic carbocycles. The number of hydrogen-bond acceptors (Lipinski definition) is 3. The maximum atomic E-state index is 14.2. The molecule has 2 aromatic carbocycles. The molecule has 0 aliphatic heterocycles. The summed E-state index contributed by atoms with van der Waals surface area (Å²) in [6, 6.07) is 11.9. The Morgan fingerprint density at radius 3 is 2.24 bits per heavy atom. The molecule has 0 unspecified atom stereocenters. The van der Waals surface area contributed by atoms with Crippen LogP contribution in [0.4, 0.5) is 23.2 Å². The molecule has 0 saturated carbocycles. The van der Waals surface area contributed by atoms with Crippen LogP contribution in [-0.2, 0) is 6.18 Å². The molecule has 1 heterocycles. The number of carboxylic acid groups (broad SMARTS) is 1. The number of aromatic carboxylic acids is 1. The maximum Gasteiger partial charge on any atom is 0.416 e. The first kappa shape index (κ1) is 20.5. The molecule has 3 rings (SSSR count). The lowest BCUT2D eigenvalue weighted by Crippen LogP contribution is -2.28. The number of carbonyl (C=O) groups excluding carboxylic acids is 1. The van der Waals surface area contributed by atoms with Gasteiger partial charge in [0, 0.05) is 11.9 Å². The summed E-state index contributed by atoms with van der Waals surface area (Å²) in [6.45, 7) is 0. The van der Waals surface area contributed by atoms with E-state index in [0.717, 1.165) is 27.9 Å². The normalized spacial score (nSPS) is 11.3. The number of carboxylic acids is 1. The zero-order chi connectivity index (χ0) is 21.3. The van der Waals surface area contributed by atoms with Gasteiger partial charge in [-0.3, -0.25) is 4.79 Å². The van der Waals surface area contributed by atoms with Gasteiger partial charge in [-0.15, -0.1) is 11.3 Å². The van der Waals surface area contributed by atoms with Crippen LogP contribution in [0.15, 0.2) is 54.6 Å². The van der Waals surface area contributed by atoms with Crippen LogP contribution < -0.4 is 4.90 Å². The number of rotatable bonds is 4. The van der Waals surface area contributed by atoms with E-state index in [1.54, 1.807) is 30.3 Å². The van der Waals surface area contributed by atoms with E-state index < -0.39 is 35.0 Å². The fraction of sp³-hybridized carbons (Fsp3) is 0.100. The Bertz CT molecular complexity index is 1080. The molecule has 0 saturated heterocycles. The molecule has 9 heteroatoms. The number of amides is 1. The summed E-state index contributed by atoms with van der Waals surface area (Å²) >= 11 is 0.936. The number of alkyl halides is 3. The minimum absolute atomic E-state index is 0.0191. The van der Waals surface area contributed by atoms with E-state index in [4.69, 9.17) is 0 Å². The number of benzene rings is 2. The number of halogens is 4. The van der Waals surface area contributed by atoms with E-state index in [1.165, 1.54) is 13.1 Å². The first-order chi connectivity index (χ1) is 13.6. The van der Waals surface area contributed by atoms with Crippen LogP contribution in [-0.4, -0.2) is 24.0 Å². The lowest BCUT2D eigenvalue weighted by atomic mass is 10.1. The molecular formula is C20H13F4NO3S. The van der Waals surface area contributed by atoms with Gasteiger partial charge < -0.3 is 10.0 Å². The second-order valence-corrected chi connectivity index (χ2v) is 7.10. The molecule has 0 aliphatic rings. The minimum atomic E-state index is -4.75. The standard InChI is InChI=1S/C20H13F4NO3S/c1-25(18(26)13-8-7-12(9-14(13)21)20(22,23)24)15-10-16(29-17(15)19(27)28)11-5-3-2-4-6-11/h2-10H,1H3,(H,27,28). The van der Waals surface area contributed by atoms with Crippen LogP contribution in [0.25, 0.3) is 10.4 Å². The van der Waals surface area contributed by atoms with Crippen molar-refractivity contribution >= 4 is 28.9 Å². The van der Waals surface area contributed by atoms with Gasteiger partial charge in [0.15, 0.2) is 0 Å². The monoisotopic (exact) mass is 423 g/mol. The lowest BCUT2D eigenvalue weighted by Gasteiger charge is -2.18. The Balaban J connectivity index is 2.00. The van der Waals surface area contributed by atoms with E-state index in [1.807, 2.05) is 0 Å². The van der Waals surface area contributed by atoms with Gasteiger partial charge in [0.1, 0.15) is 10.7 Å².